The van der Waals surface area contributed by atoms with Gasteiger partial charge in [-0.15, -0.1) is 11.8 Å². The SMILES string of the molecule is Cc1nc(-c2cccc(NC(=O)c3ccc4c(c3)NC(=O)CS4)c2)oc1C. The van der Waals surface area contributed by atoms with Gasteiger partial charge in [0.1, 0.15) is 5.76 Å². The summed E-state index contributed by atoms with van der Waals surface area (Å²) < 4.78 is 5.65. The molecule has 1 aliphatic rings. The van der Waals surface area contributed by atoms with Gasteiger partial charge in [-0.1, -0.05) is 6.07 Å². The largest absolute Gasteiger partial charge is 0.441 e. The third-order valence-electron chi connectivity index (χ3n) is 4.27. The van der Waals surface area contributed by atoms with Crippen molar-refractivity contribution >= 4 is 35.0 Å². The molecule has 0 fully saturated rings. The van der Waals surface area contributed by atoms with Crippen molar-refractivity contribution in [2.24, 2.45) is 0 Å². The average Bonchev–Trinajstić information content (AvgIpc) is 3.00. The lowest BCUT2D eigenvalue weighted by Gasteiger charge is -2.17. The molecule has 2 amide bonds. The van der Waals surface area contributed by atoms with Gasteiger partial charge >= 0.3 is 0 Å². The highest BCUT2D eigenvalue weighted by Gasteiger charge is 2.17. The smallest absolute Gasteiger partial charge is 0.255 e. The molecule has 0 radical (unpaired) electrons. The minimum atomic E-state index is -0.250. The third kappa shape index (κ3) is 3.59. The van der Waals surface area contributed by atoms with E-state index in [0.29, 0.717) is 28.6 Å². The standard InChI is InChI=1S/C20H17N3O3S/c1-11-12(2)26-20(21-11)14-4-3-5-15(8-14)22-19(25)13-6-7-17-16(9-13)23-18(24)10-27-17/h3-9H,10H2,1-2H3,(H,22,25)(H,23,24). The van der Waals surface area contributed by atoms with Gasteiger partial charge in [-0.3, -0.25) is 9.59 Å². The summed E-state index contributed by atoms with van der Waals surface area (Å²) >= 11 is 1.46. The second kappa shape index (κ2) is 6.92. The van der Waals surface area contributed by atoms with E-state index in [1.807, 2.05) is 38.1 Å². The summed E-state index contributed by atoms with van der Waals surface area (Å²) in [6.45, 7) is 3.76. The first-order chi connectivity index (χ1) is 13.0. The molecule has 7 heteroatoms. The Kier molecular flexibility index (Phi) is 4.45. The molecule has 2 N–H and O–H groups in total. The van der Waals surface area contributed by atoms with Crippen molar-refractivity contribution in [3.8, 4) is 11.5 Å². The maximum Gasteiger partial charge on any atom is 0.255 e. The van der Waals surface area contributed by atoms with E-state index in [1.165, 1.54) is 11.8 Å². The van der Waals surface area contributed by atoms with Crippen LogP contribution < -0.4 is 10.6 Å². The Morgan fingerprint density at radius 2 is 2.07 bits per heavy atom. The van der Waals surface area contributed by atoms with Crippen LogP contribution in [0.4, 0.5) is 11.4 Å². The second-order valence-corrected chi connectivity index (χ2v) is 7.26. The van der Waals surface area contributed by atoms with Crippen LogP contribution in [0.1, 0.15) is 21.8 Å². The molecule has 2 aromatic carbocycles. The zero-order valence-electron chi connectivity index (χ0n) is 14.8. The van der Waals surface area contributed by atoms with E-state index >= 15 is 0 Å². The highest BCUT2D eigenvalue weighted by Crippen LogP contribution is 2.32. The fourth-order valence-electron chi connectivity index (χ4n) is 2.75. The van der Waals surface area contributed by atoms with E-state index in [1.54, 1.807) is 18.2 Å². The molecule has 1 aromatic heterocycles. The van der Waals surface area contributed by atoms with Crippen LogP contribution in [0.5, 0.6) is 0 Å². The van der Waals surface area contributed by atoms with Gasteiger partial charge in [-0.25, -0.2) is 4.98 Å². The van der Waals surface area contributed by atoms with Crippen LogP contribution in [0.2, 0.25) is 0 Å². The quantitative estimate of drug-likeness (QED) is 0.710. The predicted octanol–water partition coefficient (Wildman–Crippen LogP) is 4.25. The number of nitrogens with zero attached hydrogens (tertiary/aromatic N) is 1. The number of oxazole rings is 1. The van der Waals surface area contributed by atoms with Gasteiger partial charge in [-0.2, -0.15) is 0 Å². The van der Waals surface area contributed by atoms with E-state index < -0.39 is 0 Å². The number of nitrogens with one attached hydrogen (secondary N) is 2. The zero-order valence-corrected chi connectivity index (χ0v) is 15.6. The first kappa shape index (κ1) is 17.4. The second-order valence-electron chi connectivity index (χ2n) is 6.24. The summed E-state index contributed by atoms with van der Waals surface area (Å²) in [5.74, 6) is 1.38. The molecule has 1 aliphatic heterocycles. The van der Waals surface area contributed by atoms with E-state index in [9.17, 15) is 9.59 Å². The van der Waals surface area contributed by atoms with Crippen LogP contribution in [0, 0.1) is 13.8 Å². The van der Waals surface area contributed by atoms with Gasteiger partial charge in [0.25, 0.3) is 5.91 Å². The zero-order chi connectivity index (χ0) is 19.0. The minimum absolute atomic E-state index is 0.0608. The Morgan fingerprint density at radius 3 is 2.85 bits per heavy atom. The topological polar surface area (TPSA) is 84.2 Å². The van der Waals surface area contributed by atoms with E-state index in [0.717, 1.165) is 21.9 Å². The first-order valence-electron chi connectivity index (χ1n) is 8.42. The molecule has 0 saturated carbocycles. The fraction of sp³-hybridized carbons (Fsp3) is 0.150. The van der Waals surface area contributed by atoms with Gasteiger partial charge in [0, 0.05) is 21.7 Å². The Hall–Kier alpha value is -3.06. The maximum atomic E-state index is 12.6. The van der Waals surface area contributed by atoms with Crippen molar-refractivity contribution in [2.75, 3.05) is 16.4 Å². The fourth-order valence-corrected chi connectivity index (χ4v) is 3.54. The van der Waals surface area contributed by atoms with Crippen molar-refractivity contribution < 1.29 is 14.0 Å². The molecule has 6 nitrogen and oxygen atoms in total. The Labute approximate surface area is 160 Å². The van der Waals surface area contributed by atoms with Crippen LogP contribution in [-0.2, 0) is 4.79 Å². The monoisotopic (exact) mass is 379 g/mol. The van der Waals surface area contributed by atoms with Crippen molar-refractivity contribution in [2.45, 2.75) is 18.7 Å². The van der Waals surface area contributed by atoms with E-state index in [-0.39, 0.29) is 11.8 Å². The molecule has 27 heavy (non-hydrogen) atoms. The summed E-state index contributed by atoms with van der Waals surface area (Å²) in [4.78, 5) is 29.5. The van der Waals surface area contributed by atoms with E-state index in [2.05, 4.69) is 15.6 Å². The van der Waals surface area contributed by atoms with Crippen LogP contribution >= 0.6 is 11.8 Å². The molecule has 2 heterocycles. The highest BCUT2D eigenvalue weighted by molar-refractivity contribution is 8.00. The Balaban J connectivity index is 1.56. The van der Waals surface area contributed by atoms with Crippen LogP contribution in [0.3, 0.4) is 0 Å². The van der Waals surface area contributed by atoms with Crippen LogP contribution in [0.25, 0.3) is 11.5 Å². The normalized spacial score (nSPS) is 13.0. The number of rotatable bonds is 3. The number of hydrogen-bond acceptors (Lipinski definition) is 5. The summed E-state index contributed by atoms with van der Waals surface area (Å²) in [5.41, 5.74) is 3.42. The predicted molar refractivity (Wildman–Crippen MR) is 105 cm³/mol. The Bertz CT molecular complexity index is 1040. The molecule has 0 saturated heterocycles. The molecule has 0 unspecified atom stereocenters. The van der Waals surface area contributed by atoms with Crippen molar-refractivity contribution in [3.63, 3.8) is 0 Å². The molecule has 0 spiro atoms. The van der Waals surface area contributed by atoms with Crippen molar-refractivity contribution in [3.05, 3.63) is 59.5 Å². The number of hydrogen-bond donors (Lipinski definition) is 2. The number of fused-ring (bicyclic) bond motifs is 1. The molecule has 0 bridgehead atoms. The van der Waals surface area contributed by atoms with Crippen molar-refractivity contribution in [1.82, 2.24) is 4.98 Å². The summed E-state index contributed by atoms with van der Waals surface area (Å²) in [6.07, 6.45) is 0. The highest BCUT2D eigenvalue weighted by atomic mass is 32.2. The average molecular weight is 379 g/mol. The number of benzene rings is 2. The third-order valence-corrected chi connectivity index (χ3v) is 5.34. The summed E-state index contributed by atoms with van der Waals surface area (Å²) in [6, 6.07) is 12.6. The lowest BCUT2D eigenvalue weighted by atomic mass is 10.1. The number of anilines is 2. The summed E-state index contributed by atoms with van der Waals surface area (Å²) in [5, 5.41) is 5.68. The number of amides is 2. The van der Waals surface area contributed by atoms with Gasteiger partial charge in [-0.05, 0) is 50.2 Å². The molecular weight excluding hydrogens is 362 g/mol. The van der Waals surface area contributed by atoms with Crippen LogP contribution in [-0.4, -0.2) is 22.6 Å². The maximum absolute atomic E-state index is 12.6. The molecule has 136 valence electrons. The number of thioether (sulfide) groups is 1. The minimum Gasteiger partial charge on any atom is -0.441 e. The van der Waals surface area contributed by atoms with Crippen LogP contribution in [0.15, 0.2) is 51.8 Å². The number of aryl methyl sites for hydroxylation is 2. The van der Waals surface area contributed by atoms with Gasteiger partial charge in [0.2, 0.25) is 11.8 Å². The van der Waals surface area contributed by atoms with Crippen molar-refractivity contribution in [1.29, 1.82) is 0 Å². The van der Waals surface area contributed by atoms with Gasteiger partial charge in [0.15, 0.2) is 0 Å². The summed E-state index contributed by atoms with van der Waals surface area (Å²) in [7, 11) is 0. The van der Waals surface area contributed by atoms with Gasteiger partial charge < -0.3 is 15.1 Å². The lowest BCUT2D eigenvalue weighted by Crippen LogP contribution is -2.19. The molecular formula is C20H17N3O3S. The molecule has 0 atom stereocenters. The number of aromatic nitrogens is 1. The number of carbonyl (C=O) groups is 2. The molecule has 4 rings (SSSR count). The van der Waals surface area contributed by atoms with E-state index in [4.69, 9.17) is 4.42 Å². The van der Waals surface area contributed by atoms with Gasteiger partial charge in [0.05, 0.1) is 17.1 Å². The lowest BCUT2D eigenvalue weighted by molar-refractivity contribution is -0.113. The Morgan fingerprint density at radius 1 is 1.22 bits per heavy atom. The molecule has 0 aliphatic carbocycles. The molecule has 3 aromatic rings. The number of carbonyl (C=O) groups excluding carboxylic acids is 2. The first-order valence-corrected chi connectivity index (χ1v) is 9.41.